The zero-order chi connectivity index (χ0) is 29.0. The quantitative estimate of drug-likeness (QED) is 0.0541. The van der Waals surface area contributed by atoms with E-state index >= 15 is 0 Å². The molecule has 0 aliphatic rings. The van der Waals surface area contributed by atoms with E-state index in [9.17, 15) is 4.57 Å². The van der Waals surface area contributed by atoms with Crippen molar-refractivity contribution >= 4 is 8.25 Å². The van der Waals surface area contributed by atoms with E-state index in [0.29, 0.717) is 13.2 Å². The molecule has 0 aromatic heterocycles. The summed E-state index contributed by atoms with van der Waals surface area (Å²) in [6, 6.07) is 0. The fourth-order valence-electron chi connectivity index (χ4n) is 5.65. The summed E-state index contributed by atoms with van der Waals surface area (Å²) in [5, 5.41) is 0. The summed E-state index contributed by atoms with van der Waals surface area (Å²) in [7, 11) is -2.28. The van der Waals surface area contributed by atoms with Gasteiger partial charge in [0.25, 0.3) is 0 Å². The van der Waals surface area contributed by atoms with E-state index in [1.54, 1.807) is 0 Å². The summed E-state index contributed by atoms with van der Waals surface area (Å²) in [5.74, 6) is 0. The van der Waals surface area contributed by atoms with Crippen molar-refractivity contribution in [2.75, 3.05) is 13.2 Å². The van der Waals surface area contributed by atoms with Crippen LogP contribution in [0, 0.1) is 0 Å². The third kappa shape index (κ3) is 36.2. The molecule has 0 radical (unpaired) electrons. The van der Waals surface area contributed by atoms with Crippen molar-refractivity contribution in [1.82, 2.24) is 0 Å². The van der Waals surface area contributed by atoms with Crippen LogP contribution < -0.4 is 0 Å². The molecule has 0 fully saturated rings. The van der Waals surface area contributed by atoms with E-state index in [-0.39, 0.29) is 0 Å². The molecule has 0 saturated carbocycles. The molecule has 0 spiro atoms. The Morgan fingerprint density at radius 2 is 0.475 bits per heavy atom. The maximum atomic E-state index is 11.9. The lowest BCUT2D eigenvalue weighted by Gasteiger charge is -2.06. The largest absolute Gasteiger partial charge is 0.319 e. The van der Waals surface area contributed by atoms with Gasteiger partial charge in [-0.05, 0) is 12.8 Å². The molecule has 40 heavy (non-hydrogen) atoms. The highest BCUT2D eigenvalue weighted by molar-refractivity contribution is 7.33. The average molecular weight is 587 g/mol. The molecule has 0 amide bonds. The highest BCUT2D eigenvalue weighted by atomic mass is 31.1. The van der Waals surface area contributed by atoms with Crippen molar-refractivity contribution in [3.05, 3.63) is 0 Å². The standard InChI is InChI=1S/C36H75O3P/c1-3-5-7-9-11-13-15-17-19-21-23-25-27-29-31-33-35-38-40(37)39-36-34-32-30-28-26-24-22-20-18-16-14-12-10-8-6-4-2/h40H,3-36H2,1-2H3. The molecule has 0 bridgehead atoms. The summed E-state index contributed by atoms with van der Waals surface area (Å²) in [6.07, 6.45) is 43.7. The molecule has 0 N–H and O–H groups in total. The molecule has 242 valence electrons. The Kier molecular flexibility index (Phi) is 37.3. The molecule has 0 atom stereocenters. The predicted molar refractivity (Wildman–Crippen MR) is 180 cm³/mol. The van der Waals surface area contributed by atoms with Crippen molar-refractivity contribution in [1.29, 1.82) is 0 Å². The fraction of sp³-hybridized carbons (Fsp3) is 1.00. The van der Waals surface area contributed by atoms with Gasteiger partial charge in [-0.2, -0.15) is 0 Å². The second kappa shape index (κ2) is 37.2. The van der Waals surface area contributed by atoms with E-state index < -0.39 is 8.25 Å². The molecule has 4 heteroatoms. The molecule has 0 rings (SSSR count). The summed E-state index contributed by atoms with van der Waals surface area (Å²) >= 11 is 0. The van der Waals surface area contributed by atoms with Crippen molar-refractivity contribution in [3.8, 4) is 0 Å². The third-order valence-electron chi connectivity index (χ3n) is 8.44. The van der Waals surface area contributed by atoms with Gasteiger partial charge in [0.2, 0.25) is 0 Å². The van der Waals surface area contributed by atoms with Crippen molar-refractivity contribution in [2.45, 2.75) is 219 Å². The zero-order valence-electron chi connectivity index (χ0n) is 27.8. The molecular weight excluding hydrogens is 511 g/mol. The number of hydrogen-bond acceptors (Lipinski definition) is 3. The van der Waals surface area contributed by atoms with E-state index in [0.717, 1.165) is 12.8 Å². The van der Waals surface area contributed by atoms with Crippen molar-refractivity contribution < 1.29 is 13.6 Å². The van der Waals surface area contributed by atoms with Gasteiger partial charge >= 0.3 is 8.25 Å². The summed E-state index contributed by atoms with van der Waals surface area (Å²) in [4.78, 5) is 0. The Labute approximate surface area is 254 Å². The van der Waals surface area contributed by atoms with Gasteiger partial charge in [0.05, 0.1) is 13.2 Å². The predicted octanol–water partition coefficient (Wildman–Crippen LogP) is 13.9. The van der Waals surface area contributed by atoms with Crippen LogP contribution in [0.1, 0.15) is 219 Å². The lowest BCUT2D eigenvalue weighted by atomic mass is 10.0. The van der Waals surface area contributed by atoms with Gasteiger partial charge in [0.1, 0.15) is 0 Å². The number of unbranched alkanes of at least 4 members (excludes halogenated alkanes) is 30. The number of rotatable bonds is 36. The Morgan fingerprint density at radius 1 is 0.300 bits per heavy atom. The van der Waals surface area contributed by atoms with E-state index in [2.05, 4.69) is 13.8 Å². The van der Waals surface area contributed by atoms with Gasteiger partial charge in [0.15, 0.2) is 0 Å². The molecule has 0 aliphatic heterocycles. The maximum absolute atomic E-state index is 11.9. The van der Waals surface area contributed by atoms with E-state index in [1.165, 1.54) is 193 Å². The van der Waals surface area contributed by atoms with Crippen LogP contribution in [-0.2, 0) is 13.6 Å². The Morgan fingerprint density at radius 3 is 0.675 bits per heavy atom. The normalized spacial score (nSPS) is 11.7. The zero-order valence-corrected chi connectivity index (χ0v) is 28.8. The molecule has 3 nitrogen and oxygen atoms in total. The first-order valence-corrected chi connectivity index (χ1v) is 19.8. The second-order valence-corrected chi connectivity index (χ2v) is 13.6. The lowest BCUT2D eigenvalue weighted by Crippen LogP contribution is -1.92. The fourth-order valence-corrected chi connectivity index (χ4v) is 6.36. The first-order valence-electron chi connectivity index (χ1n) is 18.6. The van der Waals surface area contributed by atoms with Gasteiger partial charge in [-0.3, -0.25) is 4.57 Å². The highest BCUT2D eigenvalue weighted by Crippen LogP contribution is 2.25. The molecule has 0 heterocycles. The Hall–Kier alpha value is 0.150. The first-order chi connectivity index (χ1) is 19.8. The van der Waals surface area contributed by atoms with Gasteiger partial charge in [-0.25, -0.2) is 0 Å². The SMILES string of the molecule is CCCCCCCCCCCCCCCCCCO[PH](=O)OCCCCCCCCCCCCCCCCCC. The van der Waals surface area contributed by atoms with Gasteiger partial charge in [0, 0.05) is 0 Å². The topological polar surface area (TPSA) is 35.5 Å². The Bertz CT molecular complexity index is 431. The molecule has 0 aromatic carbocycles. The molecule has 0 aromatic rings. The highest BCUT2D eigenvalue weighted by Gasteiger charge is 2.01. The molecule has 0 saturated heterocycles. The van der Waals surface area contributed by atoms with Crippen LogP contribution in [-0.4, -0.2) is 13.2 Å². The monoisotopic (exact) mass is 587 g/mol. The van der Waals surface area contributed by atoms with Gasteiger partial charge < -0.3 is 9.05 Å². The first kappa shape index (κ1) is 40.1. The summed E-state index contributed by atoms with van der Waals surface area (Å²) in [5.41, 5.74) is 0. The van der Waals surface area contributed by atoms with Crippen molar-refractivity contribution in [3.63, 3.8) is 0 Å². The van der Waals surface area contributed by atoms with Crippen LogP contribution in [0.25, 0.3) is 0 Å². The third-order valence-corrected chi connectivity index (χ3v) is 9.32. The van der Waals surface area contributed by atoms with Crippen LogP contribution in [0.3, 0.4) is 0 Å². The Balaban J connectivity index is 3.14. The van der Waals surface area contributed by atoms with Crippen LogP contribution in [0.2, 0.25) is 0 Å². The minimum atomic E-state index is -2.28. The number of hydrogen-bond donors (Lipinski definition) is 0. The van der Waals surface area contributed by atoms with Crippen molar-refractivity contribution in [2.24, 2.45) is 0 Å². The maximum Gasteiger partial charge on any atom is 0.319 e. The minimum Gasteiger partial charge on any atom is -0.311 e. The van der Waals surface area contributed by atoms with Crippen LogP contribution >= 0.6 is 8.25 Å². The summed E-state index contributed by atoms with van der Waals surface area (Å²) < 4.78 is 22.7. The van der Waals surface area contributed by atoms with Gasteiger partial charge in [-0.1, -0.05) is 206 Å². The smallest absolute Gasteiger partial charge is 0.311 e. The minimum absolute atomic E-state index is 0.592. The van der Waals surface area contributed by atoms with E-state index in [1.807, 2.05) is 0 Å². The van der Waals surface area contributed by atoms with Crippen LogP contribution in [0.4, 0.5) is 0 Å². The molecule has 0 unspecified atom stereocenters. The molecule has 0 aliphatic carbocycles. The van der Waals surface area contributed by atoms with Crippen LogP contribution in [0.5, 0.6) is 0 Å². The van der Waals surface area contributed by atoms with Gasteiger partial charge in [-0.15, -0.1) is 0 Å². The molecular formula is C36H75O3P. The average Bonchev–Trinajstić information content (AvgIpc) is 2.96. The lowest BCUT2D eigenvalue weighted by molar-refractivity contribution is 0.218. The van der Waals surface area contributed by atoms with Crippen LogP contribution in [0.15, 0.2) is 0 Å². The second-order valence-electron chi connectivity index (χ2n) is 12.6. The van der Waals surface area contributed by atoms with E-state index in [4.69, 9.17) is 9.05 Å². The summed E-state index contributed by atoms with van der Waals surface area (Å²) in [6.45, 7) is 5.76.